The first-order chi connectivity index (χ1) is 11.2. The standard InChI is InChI=1S/C18H14FN3O/c1-13-4-2-3-5-17(13)22-18(16(12-23)20-21-22)11-8-14-6-9-15(19)10-7-14/h2-12H,1H3/b11-8+. The molecule has 3 aromatic rings. The average Bonchev–Trinajstić information content (AvgIpc) is 2.97. The Morgan fingerprint density at radius 1 is 1.04 bits per heavy atom. The number of para-hydroxylation sites is 1. The summed E-state index contributed by atoms with van der Waals surface area (Å²) in [6, 6.07) is 13.8. The first-order valence-corrected chi connectivity index (χ1v) is 7.09. The monoisotopic (exact) mass is 307 g/mol. The zero-order valence-corrected chi connectivity index (χ0v) is 12.5. The molecule has 1 heterocycles. The normalized spacial score (nSPS) is 11.0. The molecule has 1 aromatic heterocycles. The third kappa shape index (κ3) is 3.08. The molecule has 0 unspecified atom stereocenters. The van der Waals surface area contributed by atoms with Crippen LogP contribution in [0.25, 0.3) is 17.8 Å². The van der Waals surface area contributed by atoms with E-state index in [0.717, 1.165) is 16.8 Å². The lowest BCUT2D eigenvalue weighted by atomic mass is 10.1. The van der Waals surface area contributed by atoms with Crippen LogP contribution in [0.4, 0.5) is 4.39 Å². The molecule has 0 N–H and O–H groups in total. The van der Waals surface area contributed by atoms with Crippen LogP contribution in [-0.4, -0.2) is 21.3 Å². The van der Waals surface area contributed by atoms with E-state index in [1.807, 2.05) is 31.2 Å². The van der Waals surface area contributed by atoms with Gasteiger partial charge in [0, 0.05) is 0 Å². The third-order valence-corrected chi connectivity index (χ3v) is 3.49. The van der Waals surface area contributed by atoms with E-state index in [9.17, 15) is 9.18 Å². The van der Waals surface area contributed by atoms with Crippen LogP contribution in [0.15, 0.2) is 48.5 Å². The number of nitrogens with zero attached hydrogens (tertiary/aromatic N) is 3. The smallest absolute Gasteiger partial charge is 0.172 e. The van der Waals surface area contributed by atoms with Crippen molar-refractivity contribution in [3.8, 4) is 5.69 Å². The van der Waals surface area contributed by atoms with Gasteiger partial charge in [0.15, 0.2) is 12.0 Å². The summed E-state index contributed by atoms with van der Waals surface area (Å²) in [5.41, 5.74) is 3.53. The molecule has 0 aliphatic rings. The summed E-state index contributed by atoms with van der Waals surface area (Å²) in [5, 5.41) is 7.98. The molecular weight excluding hydrogens is 293 g/mol. The van der Waals surface area contributed by atoms with Crippen molar-refractivity contribution in [2.24, 2.45) is 0 Å². The molecule has 0 spiro atoms. The zero-order valence-electron chi connectivity index (χ0n) is 12.5. The number of hydrogen-bond acceptors (Lipinski definition) is 3. The van der Waals surface area contributed by atoms with Crippen LogP contribution in [0.2, 0.25) is 0 Å². The van der Waals surface area contributed by atoms with Crippen molar-refractivity contribution in [2.75, 3.05) is 0 Å². The van der Waals surface area contributed by atoms with Gasteiger partial charge in [-0.2, -0.15) is 0 Å². The van der Waals surface area contributed by atoms with Crippen LogP contribution in [-0.2, 0) is 0 Å². The van der Waals surface area contributed by atoms with Gasteiger partial charge in [0.05, 0.1) is 11.4 Å². The Morgan fingerprint density at radius 2 is 1.78 bits per heavy atom. The van der Waals surface area contributed by atoms with Gasteiger partial charge in [-0.3, -0.25) is 4.79 Å². The van der Waals surface area contributed by atoms with Crippen LogP contribution < -0.4 is 0 Å². The molecule has 0 aliphatic carbocycles. The van der Waals surface area contributed by atoms with Crippen molar-refractivity contribution >= 4 is 18.4 Å². The molecule has 0 fully saturated rings. The first kappa shape index (κ1) is 14.8. The van der Waals surface area contributed by atoms with Gasteiger partial charge in [-0.05, 0) is 42.3 Å². The highest BCUT2D eigenvalue weighted by Crippen LogP contribution is 2.18. The Hall–Kier alpha value is -3.08. The van der Waals surface area contributed by atoms with Gasteiger partial charge in [-0.25, -0.2) is 9.07 Å². The van der Waals surface area contributed by atoms with Gasteiger partial charge in [0.25, 0.3) is 0 Å². The minimum absolute atomic E-state index is 0.256. The fraction of sp³-hybridized carbons (Fsp3) is 0.0556. The van der Waals surface area contributed by atoms with Crippen molar-refractivity contribution in [1.29, 1.82) is 0 Å². The summed E-state index contributed by atoms with van der Waals surface area (Å²) in [7, 11) is 0. The van der Waals surface area contributed by atoms with Crippen molar-refractivity contribution in [3.05, 3.63) is 76.9 Å². The highest BCUT2D eigenvalue weighted by Gasteiger charge is 2.12. The van der Waals surface area contributed by atoms with Crippen molar-refractivity contribution in [3.63, 3.8) is 0 Å². The molecule has 3 rings (SSSR count). The molecule has 2 aromatic carbocycles. The predicted octanol–water partition coefficient (Wildman–Crippen LogP) is 3.70. The molecule has 4 nitrogen and oxygen atoms in total. The summed E-state index contributed by atoms with van der Waals surface area (Å²) in [6.45, 7) is 1.96. The summed E-state index contributed by atoms with van der Waals surface area (Å²) in [6.07, 6.45) is 4.22. The van der Waals surface area contributed by atoms with Crippen molar-refractivity contribution in [1.82, 2.24) is 15.0 Å². The highest BCUT2D eigenvalue weighted by molar-refractivity contribution is 5.82. The first-order valence-electron chi connectivity index (χ1n) is 7.09. The Labute approximate surface area is 132 Å². The molecule has 0 saturated heterocycles. The number of hydrogen-bond donors (Lipinski definition) is 0. The maximum Gasteiger partial charge on any atom is 0.172 e. The van der Waals surface area contributed by atoms with Crippen molar-refractivity contribution < 1.29 is 9.18 Å². The molecule has 0 saturated carbocycles. The second-order valence-electron chi connectivity index (χ2n) is 5.06. The minimum Gasteiger partial charge on any atom is -0.296 e. The molecule has 23 heavy (non-hydrogen) atoms. The van der Waals surface area contributed by atoms with E-state index in [0.29, 0.717) is 12.0 Å². The second-order valence-corrected chi connectivity index (χ2v) is 5.06. The van der Waals surface area contributed by atoms with Gasteiger partial charge in [-0.15, -0.1) is 5.10 Å². The Kier molecular flexibility index (Phi) is 4.10. The average molecular weight is 307 g/mol. The van der Waals surface area contributed by atoms with Crippen LogP contribution in [0.5, 0.6) is 0 Å². The minimum atomic E-state index is -0.289. The van der Waals surface area contributed by atoms with Gasteiger partial charge in [-0.1, -0.05) is 41.6 Å². The molecule has 0 amide bonds. The van der Waals surface area contributed by atoms with E-state index < -0.39 is 0 Å². The molecule has 5 heteroatoms. The van der Waals surface area contributed by atoms with Crippen molar-refractivity contribution in [2.45, 2.75) is 6.92 Å². The number of aromatic nitrogens is 3. The topological polar surface area (TPSA) is 47.8 Å². The van der Waals surface area contributed by atoms with E-state index in [2.05, 4.69) is 10.3 Å². The molecule has 0 radical (unpaired) electrons. The van der Waals surface area contributed by atoms with Gasteiger partial charge in [0.1, 0.15) is 5.82 Å². The maximum absolute atomic E-state index is 13.0. The Bertz CT molecular complexity index is 866. The number of benzene rings is 2. The number of carbonyl (C=O) groups is 1. The molecule has 0 bridgehead atoms. The molecule has 0 aliphatic heterocycles. The number of rotatable bonds is 4. The lowest BCUT2D eigenvalue weighted by Crippen LogP contribution is -2.01. The largest absolute Gasteiger partial charge is 0.296 e. The lowest BCUT2D eigenvalue weighted by molar-refractivity contribution is 0.111. The van der Waals surface area contributed by atoms with E-state index >= 15 is 0 Å². The zero-order chi connectivity index (χ0) is 16.2. The molecular formula is C18H14FN3O. The maximum atomic E-state index is 13.0. The fourth-order valence-electron chi connectivity index (χ4n) is 2.27. The van der Waals surface area contributed by atoms with Crippen LogP contribution in [0, 0.1) is 12.7 Å². The number of aldehydes is 1. The second kappa shape index (κ2) is 6.36. The molecule has 0 atom stereocenters. The van der Waals surface area contributed by atoms with Gasteiger partial charge >= 0.3 is 0 Å². The number of aryl methyl sites for hydroxylation is 1. The van der Waals surface area contributed by atoms with E-state index in [1.165, 1.54) is 12.1 Å². The number of halogens is 1. The summed E-state index contributed by atoms with van der Waals surface area (Å²) < 4.78 is 14.6. The quantitative estimate of drug-likeness (QED) is 0.691. The van der Waals surface area contributed by atoms with Gasteiger partial charge < -0.3 is 0 Å². The lowest BCUT2D eigenvalue weighted by Gasteiger charge is -2.06. The highest BCUT2D eigenvalue weighted by atomic mass is 19.1. The fourth-order valence-corrected chi connectivity index (χ4v) is 2.27. The van der Waals surface area contributed by atoms with E-state index in [4.69, 9.17) is 0 Å². The summed E-state index contributed by atoms with van der Waals surface area (Å²) in [5.74, 6) is -0.289. The van der Waals surface area contributed by atoms with Crippen LogP contribution in [0.1, 0.15) is 27.3 Å². The molecule has 114 valence electrons. The van der Waals surface area contributed by atoms with Gasteiger partial charge in [0.2, 0.25) is 0 Å². The van der Waals surface area contributed by atoms with Crippen LogP contribution >= 0.6 is 0 Å². The SMILES string of the molecule is Cc1ccccc1-n1nnc(C=O)c1/C=C/c1ccc(F)cc1. The summed E-state index contributed by atoms with van der Waals surface area (Å²) in [4.78, 5) is 11.2. The number of carbonyl (C=O) groups excluding carboxylic acids is 1. The third-order valence-electron chi connectivity index (χ3n) is 3.49. The Morgan fingerprint density at radius 3 is 2.48 bits per heavy atom. The van der Waals surface area contributed by atoms with Crippen LogP contribution in [0.3, 0.4) is 0 Å². The van der Waals surface area contributed by atoms with E-state index in [-0.39, 0.29) is 11.5 Å². The Balaban J connectivity index is 2.04. The summed E-state index contributed by atoms with van der Waals surface area (Å²) >= 11 is 0. The predicted molar refractivity (Wildman–Crippen MR) is 86.8 cm³/mol. The van der Waals surface area contributed by atoms with E-state index in [1.54, 1.807) is 29.0 Å².